The van der Waals surface area contributed by atoms with Crippen LogP contribution in [0.1, 0.15) is 24.6 Å². The molecule has 0 aliphatic carbocycles. The molecule has 19 heavy (non-hydrogen) atoms. The van der Waals surface area contributed by atoms with Crippen LogP contribution < -0.4 is 16.6 Å². The maximum absolute atomic E-state index is 5.48. The van der Waals surface area contributed by atoms with Crippen molar-refractivity contribution in [1.29, 1.82) is 0 Å². The topological polar surface area (TPSA) is 88.8 Å². The van der Waals surface area contributed by atoms with E-state index in [9.17, 15) is 0 Å². The summed E-state index contributed by atoms with van der Waals surface area (Å²) in [7, 11) is 0. The lowest BCUT2D eigenvalue weighted by Gasteiger charge is -2.13. The minimum absolute atomic E-state index is 0.624. The van der Waals surface area contributed by atoms with Gasteiger partial charge in [-0.15, -0.1) is 0 Å². The molecule has 6 heteroatoms. The lowest BCUT2D eigenvalue weighted by Crippen LogP contribution is -2.14. The average molecular weight is 258 g/mol. The number of hydrazine groups is 1. The van der Waals surface area contributed by atoms with Gasteiger partial charge in [0.25, 0.3) is 0 Å². The zero-order valence-corrected chi connectivity index (χ0v) is 10.9. The van der Waals surface area contributed by atoms with E-state index in [0.29, 0.717) is 12.4 Å². The van der Waals surface area contributed by atoms with Crippen LogP contribution in [0.15, 0.2) is 30.7 Å². The molecule has 0 unspecified atom stereocenters. The normalized spacial score (nSPS) is 10.2. The molecule has 0 amide bonds. The van der Waals surface area contributed by atoms with Gasteiger partial charge in [-0.05, 0) is 18.6 Å². The summed E-state index contributed by atoms with van der Waals surface area (Å²) < 4.78 is 0. The molecule has 0 saturated heterocycles. The Morgan fingerprint density at radius 3 is 2.68 bits per heavy atom. The Balaban J connectivity index is 2.15. The number of hydrogen-bond donors (Lipinski definition) is 3. The van der Waals surface area contributed by atoms with Gasteiger partial charge in [0.05, 0.1) is 12.2 Å². The van der Waals surface area contributed by atoms with E-state index in [-0.39, 0.29) is 0 Å². The summed E-state index contributed by atoms with van der Waals surface area (Å²) in [5, 5.41) is 3.28. The lowest BCUT2D eigenvalue weighted by molar-refractivity contribution is 0.894. The monoisotopic (exact) mass is 258 g/mol. The van der Waals surface area contributed by atoms with Crippen molar-refractivity contribution in [2.24, 2.45) is 5.84 Å². The molecule has 0 bridgehead atoms. The summed E-state index contributed by atoms with van der Waals surface area (Å²) in [6.45, 7) is 2.73. The molecular weight excluding hydrogens is 240 g/mol. The van der Waals surface area contributed by atoms with Crippen LogP contribution in [0.3, 0.4) is 0 Å². The third-order valence-electron chi connectivity index (χ3n) is 2.75. The highest BCUT2D eigenvalue weighted by Crippen LogP contribution is 2.21. The number of nitrogens with two attached hydrogens (primary N) is 1. The highest BCUT2D eigenvalue weighted by atomic mass is 15.3. The molecule has 2 aromatic rings. The highest BCUT2D eigenvalue weighted by Gasteiger charge is 2.09. The van der Waals surface area contributed by atoms with Crippen molar-refractivity contribution in [1.82, 2.24) is 15.0 Å². The zero-order valence-electron chi connectivity index (χ0n) is 10.9. The second-order valence-corrected chi connectivity index (χ2v) is 4.12. The highest BCUT2D eigenvalue weighted by molar-refractivity contribution is 5.56. The molecule has 2 rings (SSSR count). The first-order chi connectivity index (χ1) is 9.35. The van der Waals surface area contributed by atoms with Crippen LogP contribution in [0.5, 0.6) is 0 Å². The number of nitrogen functional groups attached to an aromatic ring is 1. The minimum Gasteiger partial charge on any atom is -0.364 e. The fourth-order valence-corrected chi connectivity index (χ4v) is 1.85. The van der Waals surface area contributed by atoms with Gasteiger partial charge in [0, 0.05) is 11.8 Å². The smallest absolute Gasteiger partial charge is 0.148 e. The maximum atomic E-state index is 5.48. The number of rotatable bonds is 6. The quantitative estimate of drug-likeness (QED) is 0.540. The molecular formula is C13H18N6. The van der Waals surface area contributed by atoms with Crippen molar-refractivity contribution in [3.8, 4) is 0 Å². The van der Waals surface area contributed by atoms with Crippen LogP contribution in [-0.2, 0) is 13.0 Å². The van der Waals surface area contributed by atoms with Gasteiger partial charge in [-0.25, -0.2) is 15.8 Å². The Bertz CT molecular complexity index is 514. The number of nitrogens with one attached hydrogen (secondary N) is 2. The third kappa shape index (κ3) is 3.38. The first-order valence-electron chi connectivity index (χ1n) is 6.29. The average Bonchev–Trinajstić information content (AvgIpc) is 2.47. The van der Waals surface area contributed by atoms with Crippen LogP contribution in [0.25, 0.3) is 0 Å². The zero-order chi connectivity index (χ0) is 13.5. The molecule has 100 valence electrons. The molecule has 0 aliphatic heterocycles. The molecule has 2 heterocycles. The van der Waals surface area contributed by atoms with Gasteiger partial charge in [-0.1, -0.05) is 19.4 Å². The molecule has 0 aliphatic rings. The van der Waals surface area contributed by atoms with Crippen LogP contribution in [0, 0.1) is 0 Å². The van der Waals surface area contributed by atoms with Gasteiger partial charge >= 0.3 is 0 Å². The van der Waals surface area contributed by atoms with Gasteiger partial charge < -0.3 is 10.7 Å². The van der Waals surface area contributed by atoms with Gasteiger partial charge in [-0.2, -0.15) is 0 Å². The summed E-state index contributed by atoms with van der Waals surface area (Å²) in [5.41, 5.74) is 4.58. The largest absolute Gasteiger partial charge is 0.364 e. The van der Waals surface area contributed by atoms with E-state index in [1.807, 2.05) is 18.2 Å². The van der Waals surface area contributed by atoms with Crippen LogP contribution in [-0.4, -0.2) is 15.0 Å². The molecule has 0 radical (unpaired) electrons. The van der Waals surface area contributed by atoms with E-state index in [0.717, 1.165) is 29.9 Å². The lowest BCUT2D eigenvalue weighted by atomic mass is 10.1. The molecule has 0 spiro atoms. The number of aromatic nitrogens is 3. The van der Waals surface area contributed by atoms with E-state index in [1.165, 1.54) is 6.33 Å². The molecule has 2 aromatic heterocycles. The summed E-state index contributed by atoms with van der Waals surface area (Å²) in [6.07, 6.45) is 5.14. The van der Waals surface area contributed by atoms with E-state index in [1.54, 1.807) is 6.20 Å². The van der Waals surface area contributed by atoms with Gasteiger partial charge in [0.1, 0.15) is 18.0 Å². The van der Waals surface area contributed by atoms with Crippen LogP contribution in [0.2, 0.25) is 0 Å². The number of nitrogens with zero attached hydrogens (tertiary/aromatic N) is 3. The van der Waals surface area contributed by atoms with Gasteiger partial charge in [0.2, 0.25) is 0 Å². The van der Waals surface area contributed by atoms with Gasteiger partial charge in [-0.3, -0.25) is 4.98 Å². The van der Waals surface area contributed by atoms with Crippen LogP contribution in [0.4, 0.5) is 11.6 Å². The predicted molar refractivity (Wildman–Crippen MR) is 75.4 cm³/mol. The van der Waals surface area contributed by atoms with E-state index in [4.69, 9.17) is 5.84 Å². The van der Waals surface area contributed by atoms with Crippen LogP contribution >= 0.6 is 0 Å². The van der Waals surface area contributed by atoms with Crippen molar-refractivity contribution < 1.29 is 0 Å². The van der Waals surface area contributed by atoms with E-state index >= 15 is 0 Å². The molecule has 0 saturated carbocycles. The van der Waals surface area contributed by atoms with E-state index < -0.39 is 0 Å². The summed E-state index contributed by atoms with van der Waals surface area (Å²) in [4.78, 5) is 12.7. The Morgan fingerprint density at radius 2 is 2.00 bits per heavy atom. The molecule has 0 atom stereocenters. The SMILES string of the molecule is CCCc1c(NN)ncnc1NCc1ccccn1. The number of hydrogen-bond acceptors (Lipinski definition) is 6. The van der Waals surface area contributed by atoms with Crippen molar-refractivity contribution in [3.63, 3.8) is 0 Å². The fraction of sp³-hybridized carbons (Fsp3) is 0.308. The minimum atomic E-state index is 0.624. The Morgan fingerprint density at radius 1 is 1.16 bits per heavy atom. The maximum Gasteiger partial charge on any atom is 0.148 e. The standard InChI is InChI=1S/C13H18N6/c1-2-5-11-12(17-9-18-13(11)19-14)16-8-10-6-3-4-7-15-10/h3-4,6-7,9H,2,5,8,14H2,1H3,(H2,16,17,18,19). The van der Waals surface area contributed by atoms with Crippen molar-refractivity contribution in [2.75, 3.05) is 10.7 Å². The third-order valence-corrected chi connectivity index (χ3v) is 2.75. The first-order valence-corrected chi connectivity index (χ1v) is 6.29. The summed E-state index contributed by atoms with van der Waals surface area (Å²) in [6, 6.07) is 5.83. The van der Waals surface area contributed by atoms with Crippen molar-refractivity contribution in [2.45, 2.75) is 26.3 Å². The Hall–Kier alpha value is -2.21. The summed E-state index contributed by atoms with van der Waals surface area (Å²) in [5.74, 6) is 6.95. The predicted octanol–water partition coefficient (Wildman–Crippen LogP) is 1.72. The van der Waals surface area contributed by atoms with Gasteiger partial charge in [0.15, 0.2) is 0 Å². The number of pyridine rings is 1. The molecule has 0 fully saturated rings. The fourth-order valence-electron chi connectivity index (χ4n) is 1.85. The van der Waals surface area contributed by atoms with Crippen molar-refractivity contribution in [3.05, 3.63) is 42.0 Å². The molecule has 4 N–H and O–H groups in total. The Kier molecular flexibility index (Phi) is 4.63. The molecule has 6 nitrogen and oxygen atoms in total. The first kappa shape index (κ1) is 13.2. The second kappa shape index (κ2) is 6.65. The second-order valence-electron chi connectivity index (χ2n) is 4.12. The summed E-state index contributed by atoms with van der Waals surface area (Å²) >= 11 is 0. The van der Waals surface area contributed by atoms with E-state index in [2.05, 4.69) is 32.6 Å². The number of anilines is 2. The Labute approximate surface area is 112 Å². The van der Waals surface area contributed by atoms with Crippen molar-refractivity contribution >= 4 is 11.6 Å². The molecule has 0 aromatic carbocycles.